The summed E-state index contributed by atoms with van der Waals surface area (Å²) in [4.78, 5) is 0.249. The van der Waals surface area contributed by atoms with Crippen LogP contribution in [-0.4, -0.2) is 14.7 Å². The molecule has 0 atom stereocenters. The minimum atomic E-state index is -3.20. The lowest BCUT2D eigenvalue weighted by molar-refractivity contribution is 0.600. The monoisotopic (exact) mass is 219 g/mol. The molecular formula is C8H10ClNO2S. The van der Waals surface area contributed by atoms with Gasteiger partial charge < -0.3 is 5.73 Å². The lowest BCUT2D eigenvalue weighted by Gasteiger charge is -2.05. The van der Waals surface area contributed by atoms with E-state index in [4.69, 9.17) is 17.3 Å². The molecule has 0 spiro atoms. The van der Waals surface area contributed by atoms with Gasteiger partial charge in [0, 0.05) is 17.8 Å². The van der Waals surface area contributed by atoms with Crippen LogP contribution in [0.5, 0.6) is 0 Å². The van der Waals surface area contributed by atoms with Crippen molar-refractivity contribution in [1.29, 1.82) is 0 Å². The van der Waals surface area contributed by atoms with E-state index < -0.39 is 9.84 Å². The standard InChI is InChI=1S/C8H10ClNO2S/c1-13(11,12)8-3-2-7(9)4-6(8)5-10/h2-4H,5,10H2,1H3. The van der Waals surface area contributed by atoms with Crippen molar-refractivity contribution >= 4 is 21.4 Å². The molecule has 3 nitrogen and oxygen atoms in total. The summed E-state index contributed by atoms with van der Waals surface area (Å²) < 4.78 is 22.5. The van der Waals surface area contributed by atoms with Crippen LogP contribution in [0, 0.1) is 0 Å². The highest BCUT2D eigenvalue weighted by atomic mass is 35.5. The second-order valence-corrected chi connectivity index (χ2v) is 5.15. The van der Waals surface area contributed by atoms with Crippen LogP contribution < -0.4 is 5.73 Å². The number of halogens is 1. The van der Waals surface area contributed by atoms with Gasteiger partial charge in [0.05, 0.1) is 4.90 Å². The van der Waals surface area contributed by atoms with Crippen LogP contribution in [0.15, 0.2) is 23.1 Å². The van der Waals surface area contributed by atoms with Gasteiger partial charge in [-0.05, 0) is 23.8 Å². The van der Waals surface area contributed by atoms with Crippen LogP contribution >= 0.6 is 11.6 Å². The zero-order valence-electron chi connectivity index (χ0n) is 7.12. The number of sulfone groups is 1. The van der Waals surface area contributed by atoms with E-state index in [1.807, 2.05) is 0 Å². The molecule has 0 aliphatic heterocycles. The van der Waals surface area contributed by atoms with E-state index in [0.29, 0.717) is 10.6 Å². The normalized spacial score (nSPS) is 11.6. The Bertz CT molecular complexity index is 414. The first kappa shape index (κ1) is 10.5. The predicted octanol–water partition coefficient (Wildman–Crippen LogP) is 1.20. The van der Waals surface area contributed by atoms with Crippen molar-refractivity contribution in [2.45, 2.75) is 11.4 Å². The van der Waals surface area contributed by atoms with Crippen molar-refractivity contribution in [2.24, 2.45) is 5.73 Å². The fourth-order valence-electron chi connectivity index (χ4n) is 1.07. The zero-order chi connectivity index (χ0) is 10.1. The quantitative estimate of drug-likeness (QED) is 0.813. The minimum absolute atomic E-state index is 0.170. The van der Waals surface area contributed by atoms with E-state index >= 15 is 0 Å². The SMILES string of the molecule is CS(=O)(=O)c1ccc(Cl)cc1CN. The Morgan fingerprint density at radius 3 is 2.54 bits per heavy atom. The van der Waals surface area contributed by atoms with Gasteiger partial charge in [0.25, 0.3) is 0 Å². The molecule has 0 aliphatic carbocycles. The summed E-state index contributed by atoms with van der Waals surface area (Å²) in [5.74, 6) is 0. The molecule has 0 saturated heterocycles. The molecule has 1 aromatic carbocycles. The Morgan fingerprint density at radius 1 is 1.46 bits per heavy atom. The fourth-order valence-corrected chi connectivity index (χ4v) is 2.20. The molecule has 0 bridgehead atoms. The van der Waals surface area contributed by atoms with Gasteiger partial charge in [-0.15, -0.1) is 0 Å². The highest BCUT2D eigenvalue weighted by molar-refractivity contribution is 7.90. The van der Waals surface area contributed by atoms with Crippen molar-refractivity contribution in [3.8, 4) is 0 Å². The number of hydrogen-bond donors (Lipinski definition) is 1. The summed E-state index contributed by atoms with van der Waals surface area (Å²) in [5.41, 5.74) is 5.94. The zero-order valence-corrected chi connectivity index (χ0v) is 8.69. The summed E-state index contributed by atoms with van der Waals surface area (Å²) in [6.45, 7) is 0.170. The maximum atomic E-state index is 11.2. The van der Waals surface area contributed by atoms with Gasteiger partial charge in [-0.1, -0.05) is 11.6 Å². The van der Waals surface area contributed by atoms with Gasteiger partial charge in [-0.3, -0.25) is 0 Å². The largest absolute Gasteiger partial charge is 0.326 e. The van der Waals surface area contributed by atoms with Gasteiger partial charge in [0.15, 0.2) is 9.84 Å². The Kier molecular flexibility index (Phi) is 2.95. The molecular weight excluding hydrogens is 210 g/mol. The van der Waals surface area contributed by atoms with E-state index in [9.17, 15) is 8.42 Å². The minimum Gasteiger partial charge on any atom is -0.326 e. The third kappa shape index (κ3) is 2.43. The second-order valence-electron chi connectivity index (χ2n) is 2.73. The molecule has 72 valence electrons. The average molecular weight is 220 g/mol. The lowest BCUT2D eigenvalue weighted by Crippen LogP contribution is -2.06. The molecule has 1 rings (SSSR count). The van der Waals surface area contributed by atoms with Crippen LogP contribution in [0.25, 0.3) is 0 Å². The first-order chi connectivity index (χ1) is 5.95. The van der Waals surface area contributed by atoms with Gasteiger partial charge in [-0.2, -0.15) is 0 Å². The van der Waals surface area contributed by atoms with Crippen LogP contribution in [0.1, 0.15) is 5.56 Å². The predicted molar refractivity (Wildman–Crippen MR) is 52.5 cm³/mol. The molecule has 1 aromatic rings. The van der Waals surface area contributed by atoms with E-state index in [0.717, 1.165) is 6.26 Å². The van der Waals surface area contributed by atoms with E-state index in [1.54, 1.807) is 6.07 Å². The van der Waals surface area contributed by atoms with Crippen LogP contribution in [0.4, 0.5) is 0 Å². The Hall–Kier alpha value is -0.580. The van der Waals surface area contributed by atoms with Gasteiger partial charge in [0.2, 0.25) is 0 Å². The molecule has 0 aliphatic rings. The summed E-state index contributed by atoms with van der Waals surface area (Å²) in [5, 5.41) is 0.493. The Balaban J connectivity index is 3.39. The smallest absolute Gasteiger partial charge is 0.175 e. The van der Waals surface area contributed by atoms with Gasteiger partial charge >= 0.3 is 0 Å². The molecule has 0 saturated carbocycles. The molecule has 2 N–H and O–H groups in total. The topological polar surface area (TPSA) is 60.2 Å². The number of rotatable bonds is 2. The Morgan fingerprint density at radius 2 is 2.08 bits per heavy atom. The number of nitrogens with two attached hydrogens (primary N) is 1. The highest BCUT2D eigenvalue weighted by Gasteiger charge is 2.11. The van der Waals surface area contributed by atoms with Crippen LogP contribution in [-0.2, 0) is 16.4 Å². The van der Waals surface area contributed by atoms with Crippen molar-refractivity contribution in [1.82, 2.24) is 0 Å². The van der Waals surface area contributed by atoms with E-state index in [-0.39, 0.29) is 11.4 Å². The third-order valence-electron chi connectivity index (χ3n) is 1.64. The van der Waals surface area contributed by atoms with Crippen molar-refractivity contribution in [3.05, 3.63) is 28.8 Å². The average Bonchev–Trinajstić information content (AvgIpc) is 2.01. The maximum absolute atomic E-state index is 11.2. The molecule has 0 fully saturated rings. The maximum Gasteiger partial charge on any atom is 0.175 e. The summed E-state index contributed by atoms with van der Waals surface area (Å²) in [6, 6.07) is 4.58. The lowest BCUT2D eigenvalue weighted by atomic mass is 10.2. The third-order valence-corrected chi connectivity index (χ3v) is 3.07. The fraction of sp³-hybridized carbons (Fsp3) is 0.250. The van der Waals surface area contributed by atoms with Crippen LogP contribution in [0.3, 0.4) is 0 Å². The van der Waals surface area contributed by atoms with E-state index in [2.05, 4.69) is 0 Å². The summed E-state index contributed by atoms with van der Waals surface area (Å²) in [7, 11) is -3.20. The van der Waals surface area contributed by atoms with Crippen molar-refractivity contribution in [2.75, 3.05) is 6.26 Å². The first-order valence-electron chi connectivity index (χ1n) is 3.63. The van der Waals surface area contributed by atoms with Gasteiger partial charge in [-0.25, -0.2) is 8.42 Å². The van der Waals surface area contributed by atoms with Crippen molar-refractivity contribution in [3.63, 3.8) is 0 Å². The summed E-state index contributed by atoms with van der Waals surface area (Å²) in [6.07, 6.45) is 1.15. The molecule has 0 unspecified atom stereocenters. The Labute approximate surface area is 82.4 Å². The number of benzene rings is 1. The molecule has 0 heterocycles. The summed E-state index contributed by atoms with van der Waals surface area (Å²) >= 11 is 5.70. The van der Waals surface area contributed by atoms with Gasteiger partial charge in [0.1, 0.15) is 0 Å². The molecule has 13 heavy (non-hydrogen) atoms. The molecule has 0 aromatic heterocycles. The molecule has 0 amide bonds. The number of hydrogen-bond acceptors (Lipinski definition) is 3. The first-order valence-corrected chi connectivity index (χ1v) is 5.90. The molecule has 0 radical (unpaired) electrons. The second kappa shape index (κ2) is 3.65. The van der Waals surface area contributed by atoms with E-state index in [1.165, 1.54) is 12.1 Å². The highest BCUT2D eigenvalue weighted by Crippen LogP contribution is 2.19. The molecule has 5 heteroatoms. The van der Waals surface area contributed by atoms with Crippen LogP contribution in [0.2, 0.25) is 5.02 Å². The van der Waals surface area contributed by atoms with Crippen molar-refractivity contribution < 1.29 is 8.42 Å².